The van der Waals surface area contributed by atoms with Gasteiger partial charge in [-0.3, -0.25) is 0 Å². The van der Waals surface area contributed by atoms with Crippen LogP contribution in [0.15, 0.2) is 29.3 Å². The number of fused-ring (bicyclic) bond motifs is 1. The molecule has 0 saturated heterocycles. The van der Waals surface area contributed by atoms with Crippen LogP contribution in [-0.2, 0) is 29.2 Å². The van der Waals surface area contributed by atoms with Gasteiger partial charge in [0.1, 0.15) is 11.6 Å². The maximum atomic E-state index is 13.4. The van der Waals surface area contributed by atoms with Gasteiger partial charge < -0.3 is 4.57 Å². The van der Waals surface area contributed by atoms with Gasteiger partial charge in [-0.15, -0.1) is 0 Å². The standard InChI is InChI=1S/C16H17F4N3O2S/c1-10-4-12(17)6-13(5-10)26(24,25)21-7-11-2-3-15-22-14(16(18,19)20)9-23(15)8-11/h4-6,9,11,21H,2-3,7-8H2,1H3/t11-/m1/s1. The fourth-order valence-corrected chi connectivity index (χ4v) is 4.22. The molecule has 26 heavy (non-hydrogen) atoms. The highest BCUT2D eigenvalue weighted by Crippen LogP contribution is 2.30. The Morgan fingerprint density at radius 3 is 2.69 bits per heavy atom. The van der Waals surface area contributed by atoms with E-state index in [0.29, 0.717) is 24.2 Å². The van der Waals surface area contributed by atoms with Crippen molar-refractivity contribution in [1.29, 1.82) is 0 Å². The van der Waals surface area contributed by atoms with E-state index in [1.165, 1.54) is 16.7 Å². The van der Waals surface area contributed by atoms with E-state index in [2.05, 4.69) is 9.71 Å². The monoisotopic (exact) mass is 391 g/mol. The molecule has 0 bridgehead atoms. The molecule has 0 unspecified atom stereocenters. The summed E-state index contributed by atoms with van der Waals surface area (Å²) in [5.74, 6) is -0.481. The van der Waals surface area contributed by atoms with E-state index in [-0.39, 0.29) is 23.9 Å². The summed E-state index contributed by atoms with van der Waals surface area (Å²) in [7, 11) is -3.89. The molecule has 1 atom stereocenters. The van der Waals surface area contributed by atoms with Crippen molar-refractivity contribution >= 4 is 10.0 Å². The fourth-order valence-electron chi connectivity index (χ4n) is 2.99. The average molecular weight is 391 g/mol. The van der Waals surface area contributed by atoms with Crippen LogP contribution in [0.1, 0.15) is 23.5 Å². The molecule has 142 valence electrons. The molecule has 2 aromatic rings. The van der Waals surface area contributed by atoms with Crippen LogP contribution in [0.5, 0.6) is 0 Å². The Morgan fingerprint density at radius 2 is 2.04 bits per heavy atom. The van der Waals surface area contributed by atoms with Crippen LogP contribution in [0.3, 0.4) is 0 Å². The second-order valence-corrected chi connectivity index (χ2v) is 8.18. The average Bonchev–Trinajstić information content (AvgIpc) is 2.95. The smallest absolute Gasteiger partial charge is 0.334 e. The molecule has 0 saturated carbocycles. The normalized spacial score (nSPS) is 18.0. The maximum Gasteiger partial charge on any atom is 0.434 e. The van der Waals surface area contributed by atoms with Crippen molar-refractivity contribution in [3.63, 3.8) is 0 Å². The summed E-state index contributed by atoms with van der Waals surface area (Å²) in [6, 6.07) is 3.51. The number of nitrogens with zero attached hydrogens (tertiary/aromatic N) is 2. The number of sulfonamides is 1. The molecule has 10 heteroatoms. The van der Waals surface area contributed by atoms with Gasteiger partial charge in [0.2, 0.25) is 10.0 Å². The summed E-state index contributed by atoms with van der Waals surface area (Å²) in [6.07, 6.45) is -2.71. The quantitative estimate of drug-likeness (QED) is 0.816. The number of hydrogen-bond acceptors (Lipinski definition) is 3. The Kier molecular flexibility index (Phi) is 4.82. The van der Waals surface area contributed by atoms with Crippen molar-refractivity contribution in [3.8, 4) is 0 Å². The van der Waals surface area contributed by atoms with Gasteiger partial charge in [0, 0.05) is 25.7 Å². The number of aromatic nitrogens is 2. The summed E-state index contributed by atoms with van der Waals surface area (Å²) >= 11 is 0. The van der Waals surface area contributed by atoms with Crippen molar-refractivity contribution in [2.24, 2.45) is 5.92 Å². The number of benzene rings is 1. The molecule has 1 aromatic carbocycles. The zero-order valence-corrected chi connectivity index (χ0v) is 14.7. The van der Waals surface area contributed by atoms with Crippen LogP contribution in [0.2, 0.25) is 0 Å². The van der Waals surface area contributed by atoms with Crippen LogP contribution in [0, 0.1) is 18.7 Å². The molecule has 1 aromatic heterocycles. The highest BCUT2D eigenvalue weighted by molar-refractivity contribution is 7.89. The van der Waals surface area contributed by atoms with Crippen LogP contribution < -0.4 is 4.72 Å². The van der Waals surface area contributed by atoms with E-state index in [0.717, 1.165) is 12.3 Å². The first-order chi connectivity index (χ1) is 12.0. The number of alkyl halides is 3. The third-order valence-electron chi connectivity index (χ3n) is 4.27. The van der Waals surface area contributed by atoms with Crippen molar-refractivity contribution in [2.45, 2.75) is 37.4 Å². The molecule has 5 nitrogen and oxygen atoms in total. The van der Waals surface area contributed by atoms with Gasteiger partial charge in [0.15, 0.2) is 5.69 Å². The van der Waals surface area contributed by atoms with Gasteiger partial charge in [0.25, 0.3) is 0 Å². The van der Waals surface area contributed by atoms with E-state index < -0.39 is 27.7 Å². The van der Waals surface area contributed by atoms with E-state index in [4.69, 9.17) is 0 Å². The zero-order chi connectivity index (χ0) is 19.1. The molecular weight excluding hydrogens is 374 g/mol. The van der Waals surface area contributed by atoms with Gasteiger partial charge in [-0.1, -0.05) is 0 Å². The molecule has 0 aliphatic carbocycles. The molecule has 0 radical (unpaired) electrons. The molecule has 0 spiro atoms. The summed E-state index contributed by atoms with van der Waals surface area (Å²) < 4.78 is 80.1. The van der Waals surface area contributed by atoms with Crippen LogP contribution >= 0.6 is 0 Å². The lowest BCUT2D eigenvalue weighted by atomic mass is 10.00. The Bertz CT molecular complexity index is 902. The molecule has 1 aliphatic heterocycles. The van der Waals surface area contributed by atoms with Crippen LogP contribution in [-0.4, -0.2) is 24.5 Å². The molecule has 0 amide bonds. The predicted molar refractivity (Wildman–Crippen MR) is 85.4 cm³/mol. The summed E-state index contributed by atoms with van der Waals surface area (Å²) in [5.41, 5.74) is -0.463. The second kappa shape index (κ2) is 6.66. The number of halogens is 4. The molecule has 2 heterocycles. The molecule has 1 aliphatic rings. The van der Waals surface area contributed by atoms with Gasteiger partial charge >= 0.3 is 6.18 Å². The van der Waals surface area contributed by atoms with Crippen molar-refractivity contribution in [2.75, 3.05) is 6.54 Å². The predicted octanol–water partition coefficient (Wildman–Crippen LogP) is 2.89. The van der Waals surface area contributed by atoms with Gasteiger partial charge in [0.05, 0.1) is 4.90 Å². The lowest BCUT2D eigenvalue weighted by molar-refractivity contribution is -0.141. The van der Waals surface area contributed by atoms with Crippen molar-refractivity contribution in [1.82, 2.24) is 14.3 Å². The van der Waals surface area contributed by atoms with Crippen molar-refractivity contribution in [3.05, 3.63) is 47.3 Å². The fraction of sp³-hybridized carbons (Fsp3) is 0.438. The minimum absolute atomic E-state index is 0.0524. The summed E-state index contributed by atoms with van der Waals surface area (Å²) in [6.45, 7) is 1.88. The first kappa shape index (κ1) is 18.8. The molecular formula is C16H17F4N3O2S. The van der Waals surface area contributed by atoms with E-state index in [9.17, 15) is 26.0 Å². The van der Waals surface area contributed by atoms with Crippen LogP contribution in [0.25, 0.3) is 0 Å². The van der Waals surface area contributed by atoms with E-state index >= 15 is 0 Å². The van der Waals surface area contributed by atoms with Gasteiger partial charge in [-0.25, -0.2) is 22.5 Å². The zero-order valence-electron chi connectivity index (χ0n) is 13.8. The first-order valence-corrected chi connectivity index (χ1v) is 9.43. The Labute approximate surface area is 148 Å². The lowest BCUT2D eigenvalue weighted by Crippen LogP contribution is -2.33. The Morgan fingerprint density at radius 1 is 1.31 bits per heavy atom. The van der Waals surface area contributed by atoms with Gasteiger partial charge in [-0.05, 0) is 43.0 Å². The number of nitrogens with one attached hydrogen (secondary N) is 1. The summed E-state index contributed by atoms with van der Waals surface area (Å²) in [5, 5.41) is 0. The summed E-state index contributed by atoms with van der Waals surface area (Å²) in [4.78, 5) is 3.42. The topological polar surface area (TPSA) is 64.0 Å². The Balaban J connectivity index is 1.68. The largest absolute Gasteiger partial charge is 0.434 e. The lowest BCUT2D eigenvalue weighted by Gasteiger charge is -2.23. The van der Waals surface area contributed by atoms with E-state index in [1.807, 2.05) is 0 Å². The number of imidazole rings is 1. The minimum Gasteiger partial charge on any atom is -0.334 e. The third kappa shape index (κ3) is 4.07. The van der Waals surface area contributed by atoms with E-state index in [1.54, 1.807) is 6.92 Å². The molecule has 3 rings (SSSR count). The minimum atomic E-state index is -4.50. The third-order valence-corrected chi connectivity index (χ3v) is 5.67. The highest BCUT2D eigenvalue weighted by atomic mass is 32.2. The highest BCUT2D eigenvalue weighted by Gasteiger charge is 2.35. The SMILES string of the molecule is Cc1cc(F)cc(S(=O)(=O)NC[C@H]2CCc3nc(C(F)(F)F)cn3C2)c1. The molecule has 1 N–H and O–H groups in total. The second-order valence-electron chi connectivity index (χ2n) is 6.41. The number of aryl methyl sites for hydroxylation is 2. The maximum absolute atomic E-state index is 13.4. The van der Waals surface area contributed by atoms with Crippen LogP contribution in [0.4, 0.5) is 17.6 Å². The molecule has 0 fully saturated rings. The number of rotatable bonds is 4. The Hall–Kier alpha value is -1.94. The van der Waals surface area contributed by atoms with Gasteiger partial charge in [-0.2, -0.15) is 13.2 Å². The van der Waals surface area contributed by atoms with Crippen molar-refractivity contribution < 1.29 is 26.0 Å². The number of hydrogen-bond donors (Lipinski definition) is 1. The first-order valence-electron chi connectivity index (χ1n) is 7.95.